The maximum Gasteiger partial charge on any atom is 0.113 e. The standard InChI is InChI=1S/C20H38N2O8/c1-25-17-11-5-7-21-10-14-20(28-4)16(24)18(26-2)12(30-14)6-8-22-9-13(29-11)19(27-3)15(17)23/h11-24H,5-10H2,1-4H3/t11-,12-,13-,14-,15-,16-,17+,18+,19-,20-/m1/s1. The molecule has 3 rings (SSSR count). The van der Waals surface area contributed by atoms with Gasteiger partial charge in [0.1, 0.15) is 36.6 Å². The van der Waals surface area contributed by atoms with E-state index in [0.29, 0.717) is 39.0 Å². The summed E-state index contributed by atoms with van der Waals surface area (Å²) in [6.45, 7) is 2.32. The molecule has 3 aliphatic heterocycles. The monoisotopic (exact) mass is 434 g/mol. The van der Waals surface area contributed by atoms with Crippen LogP contribution in [0.15, 0.2) is 0 Å². The summed E-state index contributed by atoms with van der Waals surface area (Å²) < 4.78 is 34.7. The molecule has 0 spiro atoms. The lowest BCUT2D eigenvalue weighted by Gasteiger charge is -2.45. The molecule has 0 saturated carbocycles. The van der Waals surface area contributed by atoms with E-state index in [1.54, 1.807) is 28.4 Å². The maximum absolute atomic E-state index is 10.8. The number of hydrogen-bond acceptors (Lipinski definition) is 10. The van der Waals surface area contributed by atoms with E-state index in [4.69, 9.17) is 28.4 Å². The fourth-order valence-electron chi connectivity index (χ4n) is 4.95. The van der Waals surface area contributed by atoms with E-state index >= 15 is 0 Å². The van der Waals surface area contributed by atoms with Gasteiger partial charge in [0.2, 0.25) is 0 Å². The number of methoxy groups -OCH3 is 4. The Morgan fingerprint density at radius 1 is 0.600 bits per heavy atom. The Bertz CT molecular complexity index is 431. The van der Waals surface area contributed by atoms with E-state index in [0.717, 1.165) is 0 Å². The highest BCUT2D eigenvalue weighted by atomic mass is 16.6. The van der Waals surface area contributed by atoms with E-state index in [-0.39, 0.29) is 24.4 Å². The van der Waals surface area contributed by atoms with Crippen molar-refractivity contribution in [1.82, 2.24) is 10.6 Å². The van der Waals surface area contributed by atoms with E-state index < -0.39 is 36.6 Å². The average molecular weight is 435 g/mol. The molecular weight excluding hydrogens is 396 g/mol. The predicted molar refractivity (Wildman–Crippen MR) is 107 cm³/mol. The molecule has 10 atom stereocenters. The summed E-state index contributed by atoms with van der Waals surface area (Å²) in [6, 6.07) is 0. The molecule has 4 N–H and O–H groups in total. The van der Waals surface area contributed by atoms with Crippen molar-refractivity contribution in [3.63, 3.8) is 0 Å². The Kier molecular flexibility index (Phi) is 9.26. The fourth-order valence-corrected chi connectivity index (χ4v) is 4.95. The number of fused-ring (bicyclic) bond motifs is 4. The van der Waals surface area contributed by atoms with Gasteiger partial charge in [0.15, 0.2) is 0 Å². The lowest BCUT2D eigenvalue weighted by molar-refractivity contribution is -0.239. The molecule has 3 fully saturated rings. The lowest BCUT2D eigenvalue weighted by Crippen LogP contribution is -2.63. The third-order valence-electron chi connectivity index (χ3n) is 6.50. The van der Waals surface area contributed by atoms with Crippen molar-refractivity contribution in [2.75, 3.05) is 54.6 Å². The molecule has 0 aromatic carbocycles. The SMILES string of the molecule is CO[C@@H]1[C@@H](O)[C@H](OC)[C@H]2CNCC[C@H]3O[C@H](CNCC[C@H]1O2)[C@@H](OC)[C@H](O)[C@H]3OC. The molecule has 30 heavy (non-hydrogen) atoms. The molecule has 0 aromatic heterocycles. The summed E-state index contributed by atoms with van der Waals surface area (Å²) in [4.78, 5) is 0. The van der Waals surface area contributed by atoms with Gasteiger partial charge in [-0.1, -0.05) is 0 Å². The molecule has 10 nitrogen and oxygen atoms in total. The highest BCUT2D eigenvalue weighted by molar-refractivity contribution is 4.97. The van der Waals surface area contributed by atoms with Gasteiger partial charge < -0.3 is 49.3 Å². The second-order valence-electron chi connectivity index (χ2n) is 8.19. The third kappa shape index (κ3) is 5.15. The van der Waals surface area contributed by atoms with Crippen LogP contribution in [-0.2, 0) is 28.4 Å². The number of hydrogen-bond donors (Lipinski definition) is 4. The molecule has 0 aromatic rings. The normalized spacial score (nSPS) is 46.2. The van der Waals surface area contributed by atoms with E-state index in [1.807, 2.05) is 0 Å². The molecule has 176 valence electrons. The smallest absolute Gasteiger partial charge is 0.113 e. The zero-order valence-electron chi connectivity index (χ0n) is 18.4. The number of aliphatic hydroxyl groups excluding tert-OH is 2. The molecule has 4 bridgehead atoms. The number of nitrogens with one attached hydrogen (secondary N) is 2. The second kappa shape index (κ2) is 11.5. The van der Waals surface area contributed by atoms with Crippen molar-refractivity contribution in [3.05, 3.63) is 0 Å². The van der Waals surface area contributed by atoms with Gasteiger partial charge in [-0.3, -0.25) is 0 Å². The highest BCUT2D eigenvalue weighted by Gasteiger charge is 2.47. The molecule has 3 aliphatic rings. The van der Waals surface area contributed by atoms with Gasteiger partial charge >= 0.3 is 0 Å². The van der Waals surface area contributed by atoms with E-state index in [2.05, 4.69) is 10.6 Å². The first kappa shape index (κ1) is 24.2. The Labute approximate surface area is 178 Å². The van der Waals surface area contributed by atoms with Crippen LogP contribution in [0.25, 0.3) is 0 Å². The summed E-state index contributed by atoms with van der Waals surface area (Å²) in [5.74, 6) is 0. The Morgan fingerprint density at radius 3 is 1.27 bits per heavy atom. The van der Waals surface area contributed by atoms with Crippen molar-refractivity contribution in [1.29, 1.82) is 0 Å². The van der Waals surface area contributed by atoms with Crippen LogP contribution in [0.5, 0.6) is 0 Å². The van der Waals surface area contributed by atoms with Crippen LogP contribution < -0.4 is 10.6 Å². The first-order valence-corrected chi connectivity index (χ1v) is 10.7. The summed E-state index contributed by atoms with van der Waals surface area (Å²) >= 11 is 0. The summed E-state index contributed by atoms with van der Waals surface area (Å²) in [6.07, 6.45) is -3.26. The first-order chi connectivity index (χ1) is 14.5. The molecule has 3 saturated heterocycles. The van der Waals surface area contributed by atoms with Crippen LogP contribution in [0.4, 0.5) is 0 Å². The minimum absolute atomic E-state index is 0.264. The Balaban J connectivity index is 1.73. The van der Waals surface area contributed by atoms with Gasteiger partial charge in [0, 0.05) is 41.5 Å². The number of ether oxygens (including phenoxy) is 6. The van der Waals surface area contributed by atoms with Crippen LogP contribution in [0.3, 0.4) is 0 Å². The first-order valence-electron chi connectivity index (χ1n) is 10.7. The highest BCUT2D eigenvalue weighted by Crippen LogP contribution is 2.28. The molecular formula is C20H38N2O8. The number of rotatable bonds is 4. The topological polar surface area (TPSA) is 120 Å². The molecule has 0 amide bonds. The average Bonchev–Trinajstić information content (AvgIpc) is 2.74. The van der Waals surface area contributed by atoms with Gasteiger partial charge in [-0.25, -0.2) is 0 Å². The molecule has 0 radical (unpaired) electrons. The van der Waals surface area contributed by atoms with Gasteiger partial charge in [-0.15, -0.1) is 0 Å². The van der Waals surface area contributed by atoms with Crippen LogP contribution in [0.1, 0.15) is 12.8 Å². The van der Waals surface area contributed by atoms with Gasteiger partial charge in [0.05, 0.1) is 24.4 Å². The van der Waals surface area contributed by atoms with Gasteiger partial charge in [-0.2, -0.15) is 0 Å². The predicted octanol–water partition coefficient (Wildman–Crippen LogP) is -1.72. The van der Waals surface area contributed by atoms with Crippen molar-refractivity contribution in [2.45, 2.75) is 73.9 Å². The third-order valence-corrected chi connectivity index (χ3v) is 6.50. The van der Waals surface area contributed by atoms with Crippen LogP contribution in [0.2, 0.25) is 0 Å². The lowest BCUT2D eigenvalue weighted by atomic mass is 9.91. The summed E-state index contributed by atoms with van der Waals surface area (Å²) in [7, 11) is 6.30. The van der Waals surface area contributed by atoms with Crippen molar-refractivity contribution < 1.29 is 38.6 Å². The molecule has 10 heteroatoms. The van der Waals surface area contributed by atoms with Crippen molar-refractivity contribution >= 4 is 0 Å². The minimum atomic E-state index is -0.771. The largest absolute Gasteiger partial charge is 0.387 e. The number of aliphatic hydroxyl groups is 2. The van der Waals surface area contributed by atoms with Crippen LogP contribution in [0, 0.1) is 0 Å². The maximum atomic E-state index is 10.8. The second-order valence-corrected chi connectivity index (χ2v) is 8.19. The van der Waals surface area contributed by atoms with E-state index in [1.165, 1.54) is 0 Å². The Morgan fingerprint density at radius 2 is 0.933 bits per heavy atom. The molecule has 0 aliphatic carbocycles. The molecule has 0 unspecified atom stereocenters. The minimum Gasteiger partial charge on any atom is -0.387 e. The van der Waals surface area contributed by atoms with Gasteiger partial charge in [0.25, 0.3) is 0 Å². The Hall–Kier alpha value is -0.400. The molecule has 3 heterocycles. The van der Waals surface area contributed by atoms with Crippen LogP contribution in [-0.4, -0.2) is 126 Å². The summed E-state index contributed by atoms with van der Waals surface area (Å²) in [5.41, 5.74) is 0. The van der Waals surface area contributed by atoms with E-state index in [9.17, 15) is 10.2 Å². The zero-order valence-corrected chi connectivity index (χ0v) is 18.4. The van der Waals surface area contributed by atoms with Crippen molar-refractivity contribution in [2.24, 2.45) is 0 Å². The van der Waals surface area contributed by atoms with Crippen molar-refractivity contribution in [3.8, 4) is 0 Å². The van der Waals surface area contributed by atoms with Crippen LogP contribution >= 0.6 is 0 Å². The fraction of sp³-hybridized carbons (Fsp3) is 1.00. The zero-order chi connectivity index (χ0) is 21.7. The van der Waals surface area contributed by atoms with Gasteiger partial charge in [-0.05, 0) is 25.9 Å². The summed E-state index contributed by atoms with van der Waals surface area (Å²) in [5, 5.41) is 28.3. The quantitative estimate of drug-likeness (QED) is 0.407.